The molecule has 0 saturated carbocycles. The molecule has 3 aromatic heterocycles. The van der Waals surface area contributed by atoms with E-state index in [4.69, 9.17) is 9.97 Å². The van der Waals surface area contributed by atoms with Crippen LogP contribution >= 0.6 is 11.3 Å². The summed E-state index contributed by atoms with van der Waals surface area (Å²) in [6, 6.07) is 7.92. The molecule has 0 aliphatic carbocycles. The van der Waals surface area contributed by atoms with Gasteiger partial charge in [0.25, 0.3) is 0 Å². The SMILES string of the molecule is CCc1nc2ccc(C3=CCN(S(C)=O)CC3)cn2c1N(C)c1nc(-c2ccc(F)c(F)c2)cs1. The van der Waals surface area contributed by atoms with Crippen molar-refractivity contribution in [1.29, 1.82) is 0 Å². The van der Waals surface area contributed by atoms with Crippen molar-refractivity contribution in [1.82, 2.24) is 18.7 Å². The van der Waals surface area contributed by atoms with Gasteiger partial charge in [0, 0.05) is 43.5 Å². The van der Waals surface area contributed by atoms with Gasteiger partial charge in [0.15, 0.2) is 16.8 Å². The predicted molar refractivity (Wildman–Crippen MR) is 138 cm³/mol. The molecule has 10 heteroatoms. The van der Waals surface area contributed by atoms with Crippen LogP contribution in [-0.2, 0) is 17.4 Å². The van der Waals surface area contributed by atoms with Crippen LogP contribution in [0.2, 0.25) is 0 Å². The first-order valence-electron chi connectivity index (χ1n) is 11.3. The van der Waals surface area contributed by atoms with Gasteiger partial charge in [0.05, 0.1) is 22.4 Å². The van der Waals surface area contributed by atoms with Gasteiger partial charge in [-0.15, -0.1) is 11.3 Å². The molecule has 1 aromatic carbocycles. The van der Waals surface area contributed by atoms with Crippen LogP contribution in [0.4, 0.5) is 19.7 Å². The number of hydrogen-bond donors (Lipinski definition) is 0. The van der Waals surface area contributed by atoms with Crippen LogP contribution in [0.5, 0.6) is 0 Å². The van der Waals surface area contributed by atoms with Crippen molar-refractivity contribution in [3.8, 4) is 11.3 Å². The summed E-state index contributed by atoms with van der Waals surface area (Å²) < 4.78 is 42.9. The minimum absolute atomic E-state index is 0.530. The van der Waals surface area contributed by atoms with Gasteiger partial charge in [-0.05, 0) is 54.3 Å². The van der Waals surface area contributed by atoms with Crippen molar-refractivity contribution in [3.05, 3.63) is 70.9 Å². The number of nitrogens with zero attached hydrogens (tertiary/aromatic N) is 5. The van der Waals surface area contributed by atoms with Crippen LogP contribution < -0.4 is 4.90 Å². The second-order valence-corrected chi connectivity index (χ2v) is 10.6. The number of fused-ring (bicyclic) bond motifs is 1. The summed E-state index contributed by atoms with van der Waals surface area (Å²) in [5.41, 5.74) is 5.24. The zero-order chi connectivity index (χ0) is 24.7. The van der Waals surface area contributed by atoms with Crippen molar-refractivity contribution >= 4 is 44.5 Å². The van der Waals surface area contributed by atoms with E-state index in [2.05, 4.69) is 29.7 Å². The minimum Gasteiger partial charge on any atom is -0.305 e. The first-order valence-corrected chi connectivity index (χ1v) is 13.7. The van der Waals surface area contributed by atoms with Crippen LogP contribution in [0.15, 0.2) is 48.0 Å². The molecule has 0 fully saturated rings. The maximum absolute atomic E-state index is 13.7. The fourth-order valence-corrected chi connectivity index (χ4v) is 5.74. The van der Waals surface area contributed by atoms with Crippen molar-refractivity contribution in [3.63, 3.8) is 0 Å². The first-order chi connectivity index (χ1) is 16.9. The summed E-state index contributed by atoms with van der Waals surface area (Å²) in [5.74, 6) is -0.847. The molecule has 0 radical (unpaired) electrons. The molecule has 1 unspecified atom stereocenters. The summed E-state index contributed by atoms with van der Waals surface area (Å²) in [6.07, 6.45) is 7.53. The normalized spacial score (nSPS) is 15.4. The van der Waals surface area contributed by atoms with Gasteiger partial charge in [-0.2, -0.15) is 0 Å². The van der Waals surface area contributed by atoms with E-state index in [1.165, 1.54) is 29.0 Å². The molecule has 0 bridgehead atoms. The van der Waals surface area contributed by atoms with E-state index in [1.807, 2.05) is 27.7 Å². The molecule has 1 atom stereocenters. The monoisotopic (exact) mass is 513 g/mol. The fourth-order valence-electron chi connectivity index (χ4n) is 4.31. The van der Waals surface area contributed by atoms with Crippen LogP contribution in [0, 0.1) is 11.6 Å². The third-order valence-corrected chi connectivity index (χ3v) is 8.19. The molecule has 1 aliphatic rings. The molecule has 182 valence electrons. The van der Waals surface area contributed by atoms with E-state index in [9.17, 15) is 13.0 Å². The van der Waals surface area contributed by atoms with Crippen molar-refractivity contribution in [2.45, 2.75) is 19.8 Å². The maximum Gasteiger partial charge on any atom is 0.191 e. The van der Waals surface area contributed by atoms with Crippen LogP contribution in [0.25, 0.3) is 22.5 Å². The Hall–Kier alpha value is -2.95. The first kappa shape index (κ1) is 23.8. The molecule has 6 nitrogen and oxygen atoms in total. The average molecular weight is 514 g/mol. The summed E-state index contributed by atoms with van der Waals surface area (Å²) in [4.78, 5) is 11.5. The van der Waals surface area contributed by atoms with E-state index in [0.717, 1.165) is 53.3 Å². The lowest BCUT2D eigenvalue weighted by Gasteiger charge is -2.24. The van der Waals surface area contributed by atoms with Gasteiger partial charge >= 0.3 is 0 Å². The number of rotatable bonds is 6. The number of aryl methyl sites for hydroxylation is 1. The zero-order valence-electron chi connectivity index (χ0n) is 19.7. The van der Waals surface area contributed by atoms with Gasteiger partial charge < -0.3 is 4.90 Å². The Kier molecular flexibility index (Phi) is 6.52. The highest BCUT2D eigenvalue weighted by Crippen LogP contribution is 2.35. The van der Waals surface area contributed by atoms with E-state index in [-0.39, 0.29) is 0 Å². The van der Waals surface area contributed by atoms with Crippen LogP contribution in [-0.4, -0.2) is 49.3 Å². The second-order valence-electron chi connectivity index (χ2n) is 8.38. The molecule has 1 aliphatic heterocycles. The summed E-state index contributed by atoms with van der Waals surface area (Å²) in [7, 11) is 0.974. The van der Waals surface area contributed by atoms with Gasteiger partial charge in [0.1, 0.15) is 11.5 Å². The Morgan fingerprint density at radius 1 is 1.14 bits per heavy atom. The average Bonchev–Trinajstić information content (AvgIpc) is 3.50. The van der Waals surface area contributed by atoms with Crippen molar-refractivity contribution < 1.29 is 13.0 Å². The lowest BCUT2D eigenvalue weighted by atomic mass is 10.0. The quantitative estimate of drug-likeness (QED) is 0.344. The van der Waals surface area contributed by atoms with E-state index in [1.54, 1.807) is 6.26 Å². The third kappa shape index (κ3) is 4.53. The third-order valence-electron chi connectivity index (χ3n) is 6.22. The summed E-state index contributed by atoms with van der Waals surface area (Å²) in [6.45, 7) is 3.49. The molecule has 4 aromatic rings. The molecule has 0 saturated heterocycles. The number of thiazole rings is 1. The number of imidazole rings is 1. The topological polar surface area (TPSA) is 53.7 Å². The number of halogens is 2. The van der Waals surface area contributed by atoms with E-state index >= 15 is 0 Å². The van der Waals surface area contributed by atoms with Gasteiger partial charge in [-0.3, -0.25) is 4.40 Å². The molecule has 4 heterocycles. The minimum atomic E-state index is -0.967. The number of pyridine rings is 1. The summed E-state index contributed by atoms with van der Waals surface area (Å²) >= 11 is 1.44. The van der Waals surface area contributed by atoms with Gasteiger partial charge in [0.2, 0.25) is 0 Å². The number of anilines is 2. The molecule has 0 amide bonds. The lowest BCUT2D eigenvalue weighted by molar-refractivity contribution is 0.486. The van der Waals surface area contributed by atoms with Gasteiger partial charge in [-0.1, -0.05) is 13.0 Å². The number of aromatic nitrogens is 3. The fraction of sp³-hybridized carbons (Fsp3) is 0.280. The Morgan fingerprint density at radius 3 is 2.63 bits per heavy atom. The standard InChI is InChI=1S/C25H25F2N5OS2/c1-4-21-24(30(2)25-29-22(15-34-25)17-5-7-19(26)20(27)13-17)32-14-18(6-8-23(32)28-21)16-9-11-31(12-10-16)35(3)33/h5-9,13-15H,4,10-12H2,1-3H3. The zero-order valence-corrected chi connectivity index (χ0v) is 21.3. The molecule has 0 spiro atoms. The molecular formula is C25H25F2N5OS2. The number of benzene rings is 1. The number of hydrogen-bond acceptors (Lipinski definition) is 5. The van der Waals surface area contributed by atoms with Crippen molar-refractivity contribution in [2.75, 3.05) is 31.3 Å². The highest BCUT2D eigenvalue weighted by molar-refractivity contribution is 7.81. The Balaban J connectivity index is 1.51. The van der Waals surface area contributed by atoms with Crippen molar-refractivity contribution in [2.24, 2.45) is 0 Å². The van der Waals surface area contributed by atoms with Crippen LogP contribution in [0.1, 0.15) is 24.6 Å². The maximum atomic E-state index is 13.7. The molecule has 35 heavy (non-hydrogen) atoms. The molecule has 5 rings (SSSR count). The van der Waals surface area contributed by atoms with Gasteiger partial charge in [-0.25, -0.2) is 27.3 Å². The lowest BCUT2D eigenvalue weighted by Crippen LogP contribution is -2.29. The van der Waals surface area contributed by atoms with E-state index < -0.39 is 22.6 Å². The van der Waals surface area contributed by atoms with Crippen LogP contribution in [0.3, 0.4) is 0 Å². The predicted octanol–water partition coefficient (Wildman–Crippen LogP) is 5.45. The second kappa shape index (κ2) is 9.60. The highest BCUT2D eigenvalue weighted by atomic mass is 32.2. The largest absolute Gasteiger partial charge is 0.305 e. The highest BCUT2D eigenvalue weighted by Gasteiger charge is 2.21. The smallest absolute Gasteiger partial charge is 0.191 e. The molecule has 0 N–H and O–H groups in total. The summed E-state index contributed by atoms with van der Waals surface area (Å²) in [5, 5.41) is 2.57. The Labute approximate surface area is 209 Å². The van der Waals surface area contributed by atoms with E-state index in [0.29, 0.717) is 17.8 Å². The Morgan fingerprint density at radius 2 is 1.94 bits per heavy atom. The molecular weight excluding hydrogens is 488 g/mol. The Bertz CT molecular complexity index is 1460.